The highest BCUT2D eigenvalue weighted by Gasteiger charge is 2.22. The maximum atomic E-state index is 5.07. The summed E-state index contributed by atoms with van der Waals surface area (Å²) in [5.74, 6) is 3.07. The van der Waals surface area contributed by atoms with Gasteiger partial charge in [-0.1, -0.05) is 5.16 Å². The van der Waals surface area contributed by atoms with E-state index in [-0.39, 0.29) is 0 Å². The van der Waals surface area contributed by atoms with Crippen LogP contribution in [0.25, 0.3) is 0 Å². The van der Waals surface area contributed by atoms with Crippen LogP contribution in [0.2, 0.25) is 0 Å². The van der Waals surface area contributed by atoms with Gasteiger partial charge in [-0.25, -0.2) is 0 Å². The van der Waals surface area contributed by atoms with Crippen LogP contribution < -0.4 is 4.90 Å². The highest BCUT2D eigenvalue weighted by atomic mass is 16.5. The molecule has 25 heavy (non-hydrogen) atoms. The molecule has 2 aromatic rings. The van der Waals surface area contributed by atoms with Gasteiger partial charge in [0.25, 0.3) is 0 Å². The molecule has 0 aromatic carbocycles. The van der Waals surface area contributed by atoms with Gasteiger partial charge in [-0.05, 0) is 56.7 Å². The fourth-order valence-corrected chi connectivity index (χ4v) is 3.94. The minimum absolute atomic E-state index is 0.619. The van der Waals surface area contributed by atoms with E-state index in [9.17, 15) is 0 Å². The standard InChI is InChI=1S/C18H26N6O/c1-14-19-17(22-25-14)13-23-8-4-5-15(12-23)11-16-6-7-18(21-20-16)24-9-2-3-10-24/h6-7,15H,2-5,8-13H2,1H3. The van der Waals surface area contributed by atoms with E-state index < -0.39 is 0 Å². The maximum Gasteiger partial charge on any atom is 0.223 e. The highest BCUT2D eigenvalue weighted by molar-refractivity contribution is 5.38. The van der Waals surface area contributed by atoms with Crippen LogP contribution in [0.4, 0.5) is 5.82 Å². The Labute approximate surface area is 148 Å². The van der Waals surface area contributed by atoms with E-state index in [1.54, 1.807) is 0 Å². The number of aromatic nitrogens is 4. The monoisotopic (exact) mass is 342 g/mol. The van der Waals surface area contributed by atoms with Crippen LogP contribution in [0.3, 0.4) is 0 Å². The average Bonchev–Trinajstić information content (AvgIpc) is 3.28. The van der Waals surface area contributed by atoms with Crippen LogP contribution in [0.1, 0.15) is 43.1 Å². The summed E-state index contributed by atoms with van der Waals surface area (Å²) in [6.07, 6.45) is 5.98. The first-order valence-electron chi connectivity index (χ1n) is 9.35. The molecule has 0 N–H and O–H groups in total. The summed E-state index contributed by atoms with van der Waals surface area (Å²) < 4.78 is 5.07. The van der Waals surface area contributed by atoms with Crippen LogP contribution in [0.5, 0.6) is 0 Å². The number of likely N-dealkylation sites (tertiary alicyclic amines) is 1. The molecule has 0 saturated carbocycles. The molecule has 1 atom stereocenters. The van der Waals surface area contributed by atoms with Gasteiger partial charge in [0.1, 0.15) is 0 Å². The summed E-state index contributed by atoms with van der Waals surface area (Å²) >= 11 is 0. The molecule has 0 aliphatic carbocycles. The molecule has 0 bridgehead atoms. The lowest BCUT2D eigenvalue weighted by Gasteiger charge is -2.31. The first kappa shape index (κ1) is 16.4. The predicted octanol–water partition coefficient (Wildman–Crippen LogP) is 2.22. The second-order valence-corrected chi connectivity index (χ2v) is 7.25. The van der Waals surface area contributed by atoms with Gasteiger partial charge in [0.05, 0.1) is 12.2 Å². The van der Waals surface area contributed by atoms with Crippen LogP contribution in [-0.2, 0) is 13.0 Å². The van der Waals surface area contributed by atoms with Gasteiger partial charge < -0.3 is 9.42 Å². The summed E-state index contributed by atoms with van der Waals surface area (Å²) in [5, 5.41) is 12.9. The number of hydrogen-bond acceptors (Lipinski definition) is 7. The molecule has 4 heterocycles. The van der Waals surface area contributed by atoms with Crippen molar-refractivity contribution < 1.29 is 4.52 Å². The third-order valence-corrected chi connectivity index (χ3v) is 5.17. The average molecular weight is 342 g/mol. The van der Waals surface area contributed by atoms with E-state index in [1.165, 1.54) is 25.7 Å². The number of nitrogens with zero attached hydrogens (tertiary/aromatic N) is 6. The SMILES string of the molecule is Cc1nc(CN2CCCC(Cc3ccc(N4CCCC4)nn3)C2)no1. The minimum Gasteiger partial charge on any atom is -0.355 e. The minimum atomic E-state index is 0.619. The van der Waals surface area contributed by atoms with E-state index in [2.05, 4.69) is 42.3 Å². The zero-order valence-corrected chi connectivity index (χ0v) is 14.9. The van der Waals surface area contributed by atoms with Crippen LogP contribution >= 0.6 is 0 Å². The fourth-order valence-electron chi connectivity index (χ4n) is 3.94. The fraction of sp³-hybridized carbons (Fsp3) is 0.667. The lowest BCUT2D eigenvalue weighted by Crippen LogP contribution is -2.36. The Hall–Kier alpha value is -2.02. The molecule has 0 amide bonds. The van der Waals surface area contributed by atoms with Gasteiger partial charge in [0.15, 0.2) is 11.6 Å². The van der Waals surface area contributed by atoms with Gasteiger partial charge in [-0.15, -0.1) is 5.10 Å². The normalized spacial score (nSPS) is 21.8. The highest BCUT2D eigenvalue weighted by Crippen LogP contribution is 2.22. The van der Waals surface area contributed by atoms with Gasteiger partial charge in [0, 0.05) is 26.6 Å². The van der Waals surface area contributed by atoms with E-state index in [0.29, 0.717) is 11.8 Å². The predicted molar refractivity (Wildman–Crippen MR) is 94.2 cm³/mol. The quantitative estimate of drug-likeness (QED) is 0.825. The van der Waals surface area contributed by atoms with Crippen LogP contribution in [0.15, 0.2) is 16.7 Å². The molecule has 1 unspecified atom stereocenters. The number of hydrogen-bond donors (Lipinski definition) is 0. The Balaban J connectivity index is 1.32. The van der Waals surface area contributed by atoms with Crippen molar-refractivity contribution in [3.63, 3.8) is 0 Å². The third-order valence-electron chi connectivity index (χ3n) is 5.17. The molecule has 2 fully saturated rings. The molecule has 2 saturated heterocycles. The molecule has 134 valence electrons. The molecular formula is C18H26N6O. The Morgan fingerprint density at radius 3 is 2.72 bits per heavy atom. The summed E-state index contributed by atoms with van der Waals surface area (Å²) in [6, 6.07) is 4.29. The van der Waals surface area contributed by atoms with Crippen molar-refractivity contribution in [2.75, 3.05) is 31.1 Å². The summed E-state index contributed by atoms with van der Waals surface area (Å²) in [7, 11) is 0. The van der Waals surface area contributed by atoms with Crippen molar-refractivity contribution in [2.45, 2.75) is 45.6 Å². The van der Waals surface area contributed by atoms with Crippen molar-refractivity contribution in [3.05, 3.63) is 29.5 Å². The molecule has 7 nitrogen and oxygen atoms in total. The molecule has 2 aromatic heterocycles. The maximum absolute atomic E-state index is 5.07. The lowest BCUT2D eigenvalue weighted by atomic mass is 9.93. The lowest BCUT2D eigenvalue weighted by molar-refractivity contribution is 0.161. The van der Waals surface area contributed by atoms with Gasteiger partial charge in [0.2, 0.25) is 5.89 Å². The second-order valence-electron chi connectivity index (χ2n) is 7.25. The smallest absolute Gasteiger partial charge is 0.223 e. The number of anilines is 1. The molecular weight excluding hydrogens is 316 g/mol. The van der Waals surface area contributed by atoms with Crippen LogP contribution in [0, 0.1) is 12.8 Å². The van der Waals surface area contributed by atoms with E-state index in [1.807, 2.05) is 6.92 Å². The topological polar surface area (TPSA) is 71.2 Å². The van der Waals surface area contributed by atoms with Gasteiger partial charge in [-0.2, -0.15) is 10.1 Å². The van der Waals surface area contributed by atoms with Gasteiger partial charge in [-0.3, -0.25) is 4.90 Å². The Kier molecular flexibility index (Phi) is 4.92. The summed E-state index contributed by atoms with van der Waals surface area (Å²) in [4.78, 5) is 9.06. The van der Waals surface area contributed by atoms with Crippen molar-refractivity contribution in [2.24, 2.45) is 5.92 Å². The van der Waals surface area contributed by atoms with E-state index >= 15 is 0 Å². The van der Waals surface area contributed by atoms with Crippen molar-refractivity contribution in [3.8, 4) is 0 Å². The summed E-state index contributed by atoms with van der Waals surface area (Å²) in [5.41, 5.74) is 1.10. The van der Waals surface area contributed by atoms with Crippen molar-refractivity contribution >= 4 is 5.82 Å². The number of aryl methyl sites for hydroxylation is 1. The Morgan fingerprint density at radius 2 is 2.00 bits per heavy atom. The molecule has 2 aliphatic heterocycles. The first-order chi connectivity index (χ1) is 12.3. The van der Waals surface area contributed by atoms with Crippen molar-refractivity contribution in [1.82, 2.24) is 25.2 Å². The third kappa shape index (κ3) is 4.15. The molecule has 0 spiro atoms. The van der Waals surface area contributed by atoms with E-state index in [4.69, 9.17) is 4.52 Å². The molecule has 2 aliphatic rings. The molecule has 4 rings (SSSR count). The summed E-state index contributed by atoms with van der Waals surface area (Å²) in [6.45, 7) is 6.99. The Morgan fingerprint density at radius 1 is 1.12 bits per heavy atom. The zero-order valence-electron chi connectivity index (χ0n) is 14.9. The van der Waals surface area contributed by atoms with Gasteiger partial charge >= 0.3 is 0 Å². The number of rotatable bonds is 5. The van der Waals surface area contributed by atoms with Crippen molar-refractivity contribution in [1.29, 1.82) is 0 Å². The largest absolute Gasteiger partial charge is 0.355 e. The van der Waals surface area contributed by atoms with E-state index in [0.717, 1.165) is 56.5 Å². The molecule has 7 heteroatoms. The van der Waals surface area contributed by atoms with Crippen LogP contribution in [-0.4, -0.2) is 51.4 Å². The second kappa shape index (κ2) is 7.47. The molecule has 0 radical (unpaired) electrons. The first-order valence-corrected chi connectivity index (χ1v) is 9.35. The Bertz CT molecular complexity index is 679. The zero-order chi connectivity index (χ0) is 17.1. The number of piperidine rings is 1.